The summed E-state index contributed by atoms with van der Waals surface area (Å²) < 4.78 is 13.1. The molecule has 4 atom stereocenters. The van der Waals surface area contributed by atoms with Gasteiger partial charge in [0.15, 0.2) is 23.2 Å². The monoisotopic (exact) mass is 485 g/mol. The number of fused-ring (bicyclic) bond motifs is 1. The Balaban J connectivity index is 1.52. The predicted octanol–water partition coefficient (Wildman–Crippen LogP) is 1.01. The highest BCUT2D eigenvalue weighted by Crippen LogP contribution is 2.36. The maximum absolute atomic E-state index is 11.0. The molecule has 3 aromatic rings. The number of nitrogens with zero attached hydrogens (tertiary/aromatic N) is 6. The van der Waals surface area contributed by atoms with Crippen molar-refractivity contribution in [3.8, 4) is 11.4 Å². The first-order chi connectivity index (χ1) is 16.9. The lowest BCUT2D eigenvalue weighted by Gasteiger charge is -2.22. The van der Waals surface area contributed by atoms with Gasteiger partial charge in [-0.3, -0.25) is 4.57 Å². The number of rotatable bonds is 9. The fourth-order valence-electron chi connectivity index (χ4n) is 4.02. The van der Waals surface area contributed by atoms with Gasteiger partial charge in [-0.2, -0.15) is 0 Å². The second kappa shape index (κ2) is 11.0. The van der Waals surface area contributed by atoms with Gasteiger partial charge >= 0.3 is 0 Å². The zero-order valence-corrected chi connectivity index (χ0v) is 20.0. The van der Waals surface area contributed by atoms with Crippen molar-refractivity contribution >= 4 is 22.9 Å². The van der Waals surface area contributed by atoms with Crippen LogP contribution in [0.3, 0.4) is 0 Å². The lowest BCUT2D eigenvalue weighted by molar-refractivity contribution is -0.0427. The van der Waals surface area contributed by atoms with Crippen LogP contribution in [0.5, 0.6) is 0 Å². The predicted molar refractivity (Wildman–Crippen MR) is 129 cm³/mol. The highest BCUT2D eigenvalue weighted by Gasteiger charge is 2.45. The van der Waals surface area contributed by atoms with E-state index in [4.69, 9.17) is 20.0 Å². The van der Waals surface area contributed by atoms with Gasteiger partial charge in [-0.1, -0.05) is 35.5 Å². The van der Waals surface area contributed by atoms with Crippen LogP contribution in [0, 0.1) is 0 Å². The third-order valence-corrected chi connectivity index (χ3v) is 5.73. The van der Waals surface area contributed by atoms with E-state index in [1.165, 1.54) is 6.33 Å². The number of benzene rings is 1. The summed E-state index contributed by atoms with van der Waals surface area (Å²) in [6.07, 6.45) is -2.58. The number of nitrogens with two attached hydrogens (primary N) is 1. The Hall–Kier alpha value is -3.32. The molecule has 188 valence electrons. The van der Waals surface area contributed by atoms with Crippen molar-refractivity contribution in [2.75, 3.05) is 39.1 Å². The van der Waals surface area contributed by atoms with Crippen LogP contribution in [-0.2, 0) is 14.3 Å². The zero-order chi connectivity index (χ0) is 24.9. The molecule has 0 saturated carbocycles. The molecule has 0 radical (unpaired) electrons. The Morgan fingerprint density at radius 3 is 2.74 bits per heavy atom. The number of aromatic nitrogens is 4. The van der Waals surface area contributed by atoms with Crippen LogP contribution in [0.4, 0.5) is 5.82 Å². The highest BCUT2D eigenvalue weighted by atomic mass is 16.6. The molecule has 4 rings (SSSR count). The van der Waals surface area contributed by atoms with E-state index >= 15 is 0 Å². The van der Waals surface area contributed by atoms with Crippen LogP contribution < -0.4 is 5.73 Å². The average molecular weight is 486 g/mol. The number of imidazole rings is 1. The van der Waals surface area contributed by atoms with Gasteiger partial charge in [-0.25, -0.2) is 15.0 Å². The molecule has 0 amide bonds. The van der Waals surface area contributed by atoms with Crippen LogP contribution >= 0.6 is 0 Å². The second-order valence-corrected chi connectivity index (χ2v) is 8.29. The van der Waals surface area contributed by atoms with Crippen LogP contribution in [0.1, 0.15) is 20.1 Å². The largest absolute Gasteiger partial charge is 0.479 e. The molecule has 12 nitrogen and oxygen atoms in total. The van der Waals surface area contributed by atoms with E-state index in [9.17, 15) is 10.2 Å². The van der Waals surface area contributed by atoms with E-state index in [2.05, 4.69) is 20.1 Å². The Kier molecular flexibility index (Phi) is 7.76. The average Bonchev–Trinajstić information content (AvgIpc) is 3.36. The normalized spacial score (nSPS) is 22.7. The number of oxime groups is 1. The Morgan fingerprint density at radius 1 is 1.23 bits per heavy atom. The van der Waals surface area contributed by atoms with Crippen molar-refractivity contribution in [1.29, 1.82) is 0 Å². The molecule has 35 heavy (non-hydrogen) atoms. The van der Waals surface area contributed by atoms with Crippen molar-refractivity contribution in [1.82, 2.24) is 24.4 Å². The highest BCUT2D eigenvalue weighted by molar-refractivity contribution is 5.85. The molecule has 0 unspecified atom stereocenters. The summed E-state index contributed by atoms with van der Waals surface area (Å²) >= 11 is 0. The topological polar surface area (TPSA) is 153 Å². The van der Waals surface area contributed by atoms with Gasteiger partial charge in [0.05, 0.1) is 6.61 Å². The standard InChI is InChI=1S/C23H31N7O5/c1-4-33-14(2)28-34-11-10-29(3)12-16-18(31)19(32)23(35-16)30-21(15-8-6-5-7-9-15)27-17-20(24)25-13-26-22(17)30/h5-9,13,16,18-19,23,31-32H,4,10-12H2,1-3H3,(H2,24,25,26)/b28-14-/t16-,18-,19-,23-/m1/s1. The third kappa shape index (κ3) is 5.35. The van der Waals surface area contributed by atoms with E-state index in [0.717, 1.165) is 5.56 Å². The quantitative estimate of drug-likeness (QED) is 0.173. The van der Waals surface area contributed by atoms with E-state index in [1.54, 1.807) is 11.5 Å². The van der Waals surface area contributed by atoms with Crippen molar-refractivity contribution in [2.45, 2.75) is 38.4 Å². The number of ether oxygens (including phenoxy) is 2. The number of hydrogen-bond acceptors (Lipinski definition) is 11. The van der Waals surface area contributed by atoms with E-state index in [-0.39, 0.29) is 5.82 Å². The number of hydrogen-bond donors (Lipinski definition) is 3. The summed E-state index contributed by atoms with van der Waals surface area (Å²) in [4.78, 5) is 20.2. The molecule has 3 heterocycles. The first-order valence-corrected chi connectivity index (χ1v) is 11.4. The lowest BCUT2D eigenvalue weighted by Crippen LogP contribution is -2.39. The number of likely N-dealkylation sites (N-methyl/N-ethyl adjacent to an activating group) is 1. The summed E-state index contributed by atoms with van der Waals surface area (Å²) in [7, 11) is 1.87. The Morgan fingerprint density at radius 2 is 2.00 bits per heavy atom. The maximum Gasteiger partial charge on any atom is 0.222 e. The van der Waals surface area contributed by atoms with Crippen LogP contribution in [0.15, 0.2) is 41.8 Å². The molecular formula is C23H31N7O5. The molecule has 0 aliphatic carbocycles. The Bertz CT molecular complexity index is 1160. The first-order valence-electron chi connectivity index (χ1n) is 11.4. The molecule has 1 aliphatic rings. The van der Waals surface area contributed by atoms with Gasteiger partial charge < -0.3 is 35.2 Å². The minimum atomic E-state index is -1.21. The van der Waals surface area contributed by atoms with Crippen LogP contribution in [-0.4, -0.2) is 92.2 Å². The number of nitrogen functional groups attached to an aromatic ring is 1. The Labute approximate surface area is 202 Å². The molecule has 4 N–H and O–H groups in total. The number of aliphatic hydroxyl groups is 2. The van der Waals surface area contributed by atoms with Crippen LogP contribution in [0.25, 0.3) is 22.6 Å². The van der Waals surface area contributed by atoms with E-state index < -0.39 is 24.5 Å². The number of aliphatic hydroxyl groups excluding tert-OH is 2. The van der Waals surface area contributed by atoms with Crippen molar-refractivity contribution in [3.63, 3.8) is 0 Å². The molecule has 12 heteroatoms. The zero-order valence-electron chi connectivity index (χ0n) is 20.0. The van der Waals surface area contributed by atoms with Gasteiger partial charge in [0.25, 0.3) is 0 Å². The SMILES string of the molecule is CCO/C(C)=N\OCCN(C)C[C@H]1O[C@@H](n2c(-c3ccccc3)nc3c(N)ncnc32)[C@H](O)[C@@H]1O. The first kappa shape index (κ1) is 24.8. The van der Waals surface area contributed by atoms with Crippen molar-refractivity contribution in [3.05, 3.63) is 36.7 Å². The molecule has 1 saturated heterocycles. The minimum Gasteiger partial charge on any atom is -0.479 e. The molecule has 0 bridgehead atoms. The smallest absolute Gasteiger partial charge is 0.222 e. The molecule has 2 aromatic heterocycles. The van der Waals surface area contributed by atoms with Crippen molar-refractivity contribution in [2.24, 2.45) is 5.16 Å². The van der Waals surface area contributed by atoms with Crippen molar-refractivity contribution < 1.29 is 24.5 Å². The van der Waals surface area contributed by atoms with Crippen LogP contribution in [0.2, 0.25) is 0 Å². The van der Waals surface area contributed by atoms with E-state index in [1.807, 2.05) is 49.2 Å². The fourth-order valence-corrected chi connectivity index (χ4v) is 4.02. The van der Waals surface area contributed by atoms with E-state index in [0.29, 0.717) is 49.2 Å². The number of anilines is 1. The van der Waals surface area contributed by atoms with Gasteiger partial charge in [-0.15, -0.1) is 0 Å². The molecule has 1 aromatic carbocycles. The molecule has 1 fully saturated rings. The molecule has 0 spiro atoms. The lowest BCUT2D eigenvalue weighted by atomic mass is 10.1. The second-order valence-electron chi connectivity index (χ2n) is 8.29. The van der Waals surface area contributed by atoms with Gasteiger partial charge in [0, 0.05) is 25.6 Å². The van der Waals surface area contributed by atoms with Gasteiger partial charge in [0.2, 0.25) is 5.90 Å². The summed E-state index contributed by atoms with van der Waals surface area (Å²) in [5.74, 6) is 1.19. The summed E-state index contributed by atoms with van der Waals surface area (Å²) in [6, 6.07) is 9.44. The fraction of sp³-hybridized carbons (Fsp3) is 0.478. The maximum atomic E-state index is 11.0. The summed E-state index contributed by atoms with van der Waals surface area (Å²) in [5, 5.41) is 25.6. The van der Waals surface area contributed by atoms with Gasteiger partial charge in [-0.05, 0) is 14.0 Å². The third-order valence-electron chi connectivity index (χ3n) is 5.73. The summed E-state index contributed by atoms with van der Waals surface area (Å²) in [6.45, 7) is 5.34. The molecule has 1 aliphatic heterocycles. The summed E-state index contributed by atoms with van der Waals surface area (Å²) in [5.41, 5.74) is 7.65. The minimum absolute atomic E-state index is 0.220. The molecular weight excluding hydrogens is 454 g/mol. The van der Waals surface area contributed by atoms with Gasteiger partial charge in [0.1, 0.15) is 37.1 Å².